The minimum Gasteiger partial charge on any atom is -0.481 e. The van der Waals surface area contributed by atoms with E-state index in [4.69, 9.17) is 4.74 Å². The summed E-state index contributed by atoms with van der Waals surface area (Å²) in [6.07, 6.45) is 8.58. The van der Waals surface area contributed by atoms with Crippen molar-refractivity contribution in [2.24, 2.45) is 23.7 Å². The molecule has 4 aliphatic carbocycles. The molecule has 3 saturated carbocycles. The molecule has 5 rings (SSSR count). The molecule has 152 valence electrons. The molecule has 1 amide bonds. The summed E-state index contributed by atoms with van der Waals surface area (Å²) < 4.78 is 5.00. The van der Waals surface area contributed by atoms with Gasteiger partial charge in [-0.1, -0.05) is 6.42 Å². The normalized spacial score (nSPS) is 28.9. The fourth-order valence-corrected chi connectivity index (χ4v) is 6.81. The van der Waals surface area contributed by atoms with Crippen LogP contribution in [-0.4, -0.2) is 30.1 Å². The van der Waals surface area contributed by atoms with Crippen LogP contribution in [0.3, 0.4) is 0 Å². The Kier molecular flexibility index (Phi) is 5.45. The minimum atomic E-state index is -0.871. The average molecular weight is 406 g/mol. The van der Waals surface area contributed by atoms with E-state index < -0.39 is 23.8 Å². The molecule has 28 heavy (non-hydrogen) atoms. The number of aliphatic carboxylic acids is 1. The van der Waals surface area contributed by atoms with Gasteiger partial charge >= 0.3 is 11.9 Å². The monoisotopic (exact) mass is 405 g/mol. The number of methoxy groups -OCH3 is 1. The number of aryl methyl sites for hydroxylation is 1. The molecule has 2 atom stereocenters. The largest absolute Gasteiger partial charge is 0.481 e. The van der Waals surface area contributed by atoms with Crippen molar-refractivity contribution in [2.45, 2.75) is 57.8 Å². The molecule has 2 bridgehead atoms. The topological polar surface area (TPSA) is 92.7 Å². The highest BCUT2D eigenvalue weighted by Gasteiger charge is 2.50. The van der Waals surface area contributed by atoms with Crippen LogP contribution in [0, 0.1) is 23.7 Å². The van der Waals surface area contributed by atoms with Crippen LogP contribution in [0.4, 0.5) is 5.00 Å². The molecule has 0 aliphatic heterocycles. The Balaban J connectivity index is 1.64. The lowest BCUT2D eigenvalue weighted by atomic mass is 9.58. The zero-order valence-corrected chi connectivity index (χ0v) is 17.0. The third-order valence-electron chi connectivity index (χ3n) is 6.85. The molecule has 4 aliphatic rings. The van der Waals surface area contributed by atoms with Gasteiger partial charge in [-0.25, -0.2) is 4.79 Å². The first-order valence-corrected chi connectivity index (χ1v) is 11.1. The predicted molar refractivity (Wildman–Crippen MR) is 106 cm³/mol. The zero-order chi connectivity index (χ0) is 19.8. The fraction of sp³-hybridized carbons (Fsp3) is 0.667. The Labute approximate surface area is 168 Å². The van der Waals surface area contributed by atoms with Gasteiger partial charge in [0.2, 0.25) is 5.91 Å². The molecule has 1 aromatic rings. The van der Waals surface area contributed by atoms with E-state index in [-0.39, 0.29) is 17.7 Å². The lowest BCUT2D eigenvalue weighted by Crippen LogP contribution is -2.49. The molecular weight excluding hydrogens is 378 g/mol. The number of amides is 1. The average Bonchev–Trinajstić information content (AvgIpc) is 2.87. The standard InChI is InChI=1S/C21H27NO5S/c1-27-21(26)17-13-5-3-2-4-6-14(13)28-19(17)22-18(23)15-11-7-9-12(10-8-11)16(15)20(24)25/h11-12,15-16H,2-10H2,1H3,(H,22,23)(H,24,25)/t11?,12?,15-,16-/m1/s1. The van der Waals surface area contributed by atoms with Gasteiger partial charge < -0.3 is 15.2 Å². The number of carboxylic acids is 1. The number of rotatable bonds is 4. The van der Waals surface area contributed by atoms with Gasteiger partial charge in [0.05, 0.1) is 24.5 Å². The van der Waals surface area contributed by atoms with Gasteiger partial charge in [-0.05, 0) is 68.8 Å². The number of thiophene rings is 1. The third kappa shape index (κ3) is 3.34. The van der Waals surface area contributed by atoms with Gasteiger partial charge in [-0.2, -0.15) is 0 Å². The summed E-state index contributed by atoms with van der Waals surface area (Å²) in [5.41, 5.74) is 1.48. The van der Waals surface area contributed by atoms with Gasteiger partial charge in [0, 0.05) is 4.88 Å². The Bertz CT molecular complexity index is 793. The fourth-order valence-electron chi connectivity index (χ4n) is 5.53. The number of hydrogen-bond acceptors (Lipinski definition) is 5. The van der Waals surface area contributed by atoms with E-state index in [1.807, 2.05) is 0 Å². The van der Waals surface area contributed by atoms with Crippen LogP contribution in [0.15, 0.2) is 0 Å². The van der Waals surface area contributed by atoms with Gasteiger partial charge in [-0.3, -0.25) is 9.59 Å². The number of anilines is 1. The first kappa shape index (κ1) is 19.4. The lowest BCUT2D eigenvalue weighted by Gasteiger charge is -2.45. The second-order valence-electron chi connectivity index (χ2n) is 8.31. The van der Waals surface area contributed by atoms with Crippen molar-refractivity contribution in [3.63, 3.8) is 0 Å². The van der Waals surface area contributed by atoms with Crippen molar-refractivity contribution in [3.05, 3.63) is 16.0 Å². The van der Waals surface area contributed by atoms with Crippen molar-refractivity contribution in [2.75, 3.05) is 12.4 Å². The smallest absolute Gasteiger partial charge is 0.341 e. The van der Waals surface area contributed by atoms with E-state index >= 15 is 0 Å². The minimum absolute atomic E-state index is 0.0818. The molecule has 1 aromatic heterocycles. The van der Waals surface area contributed by atoms with Crippen LogP contribution in [0.2, 0.25) is 0 Å². The van der Waals surface area contributed by atoms with E-state index in [9.17, 15) is 19.5 Å². The van der Waals surface area contributed by atoms with Crippen molar-refractivity contribution < 1.29 is 24.2 Å². The summed E-state index contributed by atoms with van der Waals surface area (Å²) >= 11 is 1.46. The van der Waals surface area contributed by atoms with Crippen molar-refractivity contribution in [1.29, 1.82) is 0 Å². The SMILES string of the molecule is COC(=O)c1c(NC(=O)[C@@H]2C3CCC(CC3)[C@H]2C(=O)O)sc2c1CCCCC2. The van der Waals surface area contributed by atoms with Crippen LogP contribution in [0.5, 0.6) is 0 Å². The maximum atomic E-state index is 13.2. The van der Waals surface area contributed by atoms with E-state index in [0.29, 0.717) is 10.6 Å². The first-order valence-electron chi connectivity index (χ1n) is 10.3. The molecule has 2 N–H and O–H groups in total. The Morgan fingerprint density at radius 2 is 1.64 bits per heavy atom. The second-order valence-corrected chi connectivity index (χ2v) is 9.42. The van der Waals surface area contributed by atoms with Crippen LogP contribution in [-0.2, 0) is 27.2 Å². The maximum absolute atomic E-state index is 13.2. The summed E-state index contributed by atoms with van der Waals surface area (Å²) in [5, 5.41) is 13.2. The number of ether oxygens (including phenoxy) is 1. The highest BCUT2D eigenvalue weighted by Crippen LogP contribution is 2.49. The first-order chi connectivity index (χ1) is 13.5. The summed E-state index contributed by atoms with van der Waals surface area (Å²) in [5.74, 6) is -2.48. The highest BCUT2D eigenvalue weighted by molar-refractivity contribution is 7.17. The predicted octanol–water partition coefficient (Wildman–Crippen LogP) is 3.88. The number of esters is 1. The van der Waals surface area contributed by atoms with E-state index in [2.05, 4.69) is 5.32 Å². The van der Waals surface area contributed by atoms with Crippen molar-refractivity contribution in [3.8, 4) is 0 Å². The van der Waals surface area contributed by atoms with Gasteiger partial charge in [0.1, 0.15) is 5.00 Å². The summed E-state index contributed by atoms with van der Waals surface area (Å²) in [4.78, 5) is 38.7. The molecule has 7 heteroatoms. The molecule has 0 aromatic carbocycles. The van der Waals surface area contributed by atoms with E-state index in [0.717, 1.165) is 68.2 Å². The number of carbonyl (C=O) groups is 3. The zero-order valence-electron chi connectivity index (χ0n) is 16.2. The highest BCUT2D eigenvalue weighted by atomic mass is 32.1. The second kappa shape index (κ2) is 7.85. The molecule has 0 radical (unpaired) electrons. The summed E-state index contributed by atoms with van der Waals surface area (Å²) in [6.45, 7) is 0. The Morgan fingerprint density at radius 3 is 2.29 bits per heavy atom. The number of carbonyl (C=O) groups excluding carboxylic acids is 2. The van der Waals surface area contributed by atoms with Crippen LogP contribution in [0.1, 0.15) is 65.7 Å². The quantitative estimate of drug-likeness (QED) is 0.586. The molecule has 0 spiro atoms. The Morgan fingerprint density at radius 1 is 1.00 bits per heavy atom. The van der Waals surface area contributed by atoms with Gasteiger partial charge in [-0.15, -0.1) is 11.3 Å². The van der Waals surface area contributed by atoms with E-state index in [1.165, 1.54) is 18.4 Å². The van der Waals surface area contributed by atoms with Crippen LogP contribution in [0.25, 0.3) is 0 Å². The van der Waals surface area contributed by atoms with E-state index in [1.54, 1.807) is 0 Å². The maximum Gasteiger partial charge on any atom is 0.341 e. The molecule has 6 nitrogen and oxygen atoms in total. The van der Waals surface area contributed by atoms with Crippen molar-refractivity contribution in [1.82, 2.24) is 0 Å². The Hall–Kier alpha value is -1.89. The summed E-state index contributed by atoms with van der Waals surface area (Å²) in [6, 6.07) is 0. The molecule has 3 fully saturated rings. The van der Waals surface area contributed by atoms with Gasteiger partial charge in [0.25, 0.3) is 0 Å². The van der Waals surface area contributed by atoms with Crippen LogP contribution >= 0.6 is 11.3 Å². The number of hydrogen-bond donors (Lipinski definition) is 2. The number of fused-ring (bicyclic) bond motifs is 4. The number of carboxylic acid groups (broad SMARTS) is 1. The molecule has 0 unspecified atom stereocenters. The molecular formula is C21H27NO5S. The molecule has 0 saturated heterocycles. The van der Waals surface area contributed by atoms with Crippen molar-refractivity contribution >= 4 is 34.2 Å². The number of nitrogens with one attached hydrogen (secondary N) is 1. The van der Waals surface area contributed by atoms with Gasteiger partial charge in [0.15, 0.2) is 0 Å². The lowest BCUT2D eigenvalue weighted by molar-refractivity contribution is -0.156. The molecule has 1 heterocycles. The third-order valence-corrected chi connectivity index (χ3v) is 8.06. The van der Waals surface area contributed by atoms with Crippen LogP contribution < -0.4 is 5.32 Å². The summed E-state index contributed by atoms with van der Waals surface area (Å²) in [7, 11) is 1.36.